The molecule has 6 atom stereocenters. The first-order valence-corrected chi connectivity index (χ1v) is 11.6. The standard InChI is InChI=1S/C24H25N5O6.ClH/c1-27-10-9-24-15-5-7-17(26-25-16-6-4-14(28(30)31)12-19(16)29(32)33)23(24)35-22-20(34-2)8-3-13(21(22)24)11-18(15)27;/h3-8,12-13,15,18,21,23,25H,9-11H2,1-2H3;1H/t13?,15-,18+,21?,23-,24-;/m0./s1. The van der Waals surface area contributed by atoms with E-state index in [0.717, 1.165) is 37.0 Å². The lowest BCUT2D eigenvalue weighted by atomic mass is 9.48. The van der Waals surface area contributed by atoms with Crippen LogP contribution in [-0.4, -0.2) is 53.3 Å². The van der Waals surface area contributed by atoms with E-state index in [4.69, 9.17) is 9.47 Å². The van der Waals surface area contributed by atoms with Crippen LogP contribution in [0.25, 0.3) is 0 Å². The van der Waals surface area contributed by atoms with Crippen molar-refractivity contribution >= 4 is 35.2 Å². The van der Waals surface area contributed by atoms with Gasteiger partial charge in [-0.3, -0.25) is 25.7 Å². The SMILES string of the molecule is COC1=C2O[C@H]3C(=NNc4ccc([N+](=O)[O-])cc4[N+](=O)[O-])C=C[C@H]4[C@H]5CC(C=C1)C2[C@@]34CCN5C.Cl. The number of likely N-dealkylation sites (tertiary alicyclic amines) is 1. The molecule has 1 N–H and O–H groups in total. The van der Waals surface area contributed by atoms with E-state index in [1.165, 1.54) is 12.1 Å². The first kappa shape index (κ1) is 24.3. The number of nitro groups is 2. The first-order chi connectivity index (χ1) is 16.8. The fourth-order valence-corrected chi connectivity index (χ4v) is 6.95. The Morgan fingerprint density at radius 3 is 2.75 bits per heavy atom. The maximum atomic E-state index is 11.6. The smallest absolute Gasteiger partial charge is 0.301 e. The van der Waals surface area contributed by atoms with Crippen LogP contribution in [0.5, 0.6) is 0 Å². The van der Waals surface area contributed by atoms with Crippen LogP contribution >= 0.6 is 12.4 Å². The molecule has 0 amide bonds. The average Bonchev–Trinajstić information content (AvgIpc) is 3.20. The van der Waals surface area contributed by atoms with Crippen LogP contribution in [0.4, 0.5) is 17.1 Å². The monoisotopic (exact) mass is 515 g/mol. The second-order valence-electron chi connectivity index (χ2n) is 9.83. The number of nitrogens with zero attached hydrogens (tertiary/aromatic N) is 4. The van der Waals surface area contributed by atoms with Crippen LogP contribution in [0.3, 0.4) is 0 Å². The van der Waals surface area contributed by atoms with E-state index in [2.05, 4.69) is 34.6 Å². The molecule has 3 aliphatic carbocycles. The normalized spacial score (nSPS) is 34.5. The van der Waals surface area contributed by atoms with E-state index in [1.807, 2.05) is 12.2 Å². The summed E-state index contributed by atoms with van der Waals surface area (Å²) in [5.74, 6) is 2.43. The van der Waals surface area contributed by atoms with Gasteiger partial charge in [-0.05, 0) is 50.6 Å². The molecule has 2 saturated heterocycles. The molecule has 1 spiro atoms. The van der Waals surface area contributed by atoms with Gasteiger partial charge in [0.15, 0.2) is 5.76 Å². The Labute approximate surface area is 213 Å². The van der Waals surface area contributed by atoms with Gasteiger partial charge in [-0.15, -0.1) is 12.4 Å². The zero-order chi connectivity index (χ0) is 24.5. The number of hydrazone groups is 1. The van der Waals surface area contributed by atoms with Gasteiger partial charge in [0.05, 0.1) is 23.0 Å². The molecule has 0 radical (unpaired) electrons. The number of non-ortho nitro benzene ring substituents is 1. The van der Waals surface area contributed by atoms with Crippen LogP contribution in [0.1, 0.15) is 12.8 Å². The highest BCUT2D eigenvalue weighted by atomic mass is 35.5. The summed E-state index contributed by atoms with van der Waals surface area (Å²) in [5, 5.41) is 27.2. The number of halogens is 1. The van der Waals surface area contributed by atoms with E-state index < -0.39 is 15.5 Å². The van der Waals surface area contributed by atoms with Crippen LogP contribution in [0.15, 0.2) is 59.1 Å². The topological polar surface area (TPSA) is 132 Å². The Morgan fingerprint density at radius 2 is 2.03 bits per heavy atom. The fraction of sp³-hybridized carbons (Fsp3) is 0.458. The average molecular weight is 516 g/mol. The number of benzene rings is 1. The van der Waals surface area contributed by atoms with Crippen LogP contribution in [0, 0.1) is 43.4 Å². The maximum Gasteiger partial charge on any atom is 0.301 e. The lowest BCUT2D eigenvalue weighted by Gasteiger charge is -2.59. The van der Waals surface area contributed by atoms with Crippen LogP contribution in [-0.2, 0) is 9.47 Å². The van der Waals surface area contributed by atoms with E-state index in [0.29, 0.717) is 23.6 Å². The summed E-state index contributed by atoms with van der Waals surface area (Å²) in [6.45, 7) is 0.950. The van der Waals surface area contributed by atoms with Gasteiger partial charge in [-0.1, -0.05) is 12.2 Å². The molecule has 3 fully saturated rings. The van der Waals surface area contributed by atoms with Gasteiger partial charge in [0, 0.05) is 29.4 Å². The summed E-state index contributed by atoms with van der Waals surface area (Å²) in [4.78, 5) is 23.7. The lowest BCUT2D eigenvalue weighted by Crippen LogP contribution is -2.64. The quantitative estimate of drug-likeness (QED) is 0.459. The summed E-state index contributed by atoms with van der Waals surface area (Å²) >= 11 is 0. The summed E-state index contributed by atoms with van der Waals surface area (Å²) in [6.07, 6.45) is 10.1. The van der Waals surface area contributed by atoms with Crippen molar-refractivity contribution in [2.75, 3.05) is 26.1 Å². The number of piperidine rings is 1. The van der Waals surface area contributed by atoms with E-state index in [1.54, 1.807) is 7.11 Å². The van der Waals surface area contributed by atoms with Gasteiger partial charge in [0.25, 0.3) is 5.69 Å². The van der Waals surface area contributed by atoms with Crippen molar-refractivity contribution in [3.63, 3.8) is 0 Å². The van der Waals surface area contributed by atoms with Gasteiger partial charge in [-0.25, -0.2) is 0 Å². The molecular formula is C24H26ClN5O6. The molecule has 1 saturated carbocycles. The Balaban J connectivity index is 0.00000267. The highest BCUT2D eigenvalue weighted by Crippen LogP contribution is 2.66. The highest BCUT2D eigenvalue weighted by Gasteiger charge is 2.69. The van der Waals surface area contributed by atoms with E-state index in [9.17, 15) is 20.2 Å². The van der Waals surface area contributed by atoms with Crippen molar-refractivity contribution < 1.29 is 19.3 Å². The second-order valence-corrected chi connectivity index (χ2v) is 9.83. The lowest BCUT2D eigenvalue weighted by molar-refractivity contribution is -0.393. The number of hydrogen-bond donors (Lipinski definition) is 1. The Kier molecular flexibility index (Phi) is 5.79. The van der Waals surface area contributed by atoms with Gasteiger partial charge in [0.2, 0.25) is 0 Å². The van der Waals surface area contributed by atoms with Crippen molar-refractivity contribution in [3.8, 4) is 0 Å². The number of hydrogen-bond acceptors (Lipinski definition) is 9. The number of nitro benzene ring substituents is 2. The third kappa shape index (κ3) is 3.26. The van der Waals surface area contributed by atoms with E-state index >= 15 is 0 Å². The Bertz CT molecular complexity index is 1260. The largest absolute Gasteiger partial charge is 0.493 e. The zero-order valence-electron chi connectivity index (χ0n) is 19.7. The van der Waals surface area contributed by atoms with Crippen molar-refractivity contribution in [1.29, 1.82) is 0 Å². The molecular weight excluding hydrogens is 490 g/mol. The van der Waals surface area contributed by atoms with Crippen LogP contribution in [0.2, 0.25) is 0 Å². The number of nitrogens with one attached hydrogen (secondary N) is 1. The summed E-state index contributed by atoms with van der Waals surface area (Å²) < 4.78 is 12.3. The number of allylic oxidation sites excluding steroid dienone is 3. The van der Waals surface area contributed by atoms with Crippen molar-refractivity contribution in [2.45, 2.75) is 25.0 Å². The summed E-state index contributed by atoms with van der Waals surface area (Å²) in [6, 6.07) is 3.85. The predicted molar refractivity (Wildman–Crippen MR) is 134 cm³/mol. The fourth-order valence-electron chi connectivity index (χ4n) is 6.95. The molecule has 1 aromatic rings. The number of ether oxygens (including phenoxy) is 2. The molecule has 11 nitrogen and oxygen atoms in total. The molecule has 2 bridgehead atoms. The third-order valence-electron chi connectivity index (χ3n) is 8.43. The first-order valence-electron chi connectivity index (χ1n) is 11.6. The van der Waals surface area contributed by atoms with E-state index in [-0.39, 0.29) is 41.2 Å². The molecule has 2 unspecified atom stereocenters. The minimum atomic E-state index is -0.662. The number of rotatable bonds is 5. The third-order valence-corrected chi connectivity index (χ3v) is 8.43. The minimum Gasteiger partial charge on any atom is -0.493 e. The molecule has 12 heteroatoms. The molecule has 0 aromatic heterocycles. The minimum absolute atomic E-state index is 0. The molecule has 190 valence electrons. The second kappa shape index (κ2) is 8.59. The predicted octanol–water partition coefficient (Wildman–Crippen LogP) is 4.03. The van der Waals surface area contributed by atoms with Crippen molar-refractivity contribution in [1.82, 2.24) is 4.90 Å². The molecule has 5 aliphatic rings. The van der Waals surface area contributed by atoms with Crippen LogP contribution < -0.4 is 5.43 Å². The Morgan fingerprint density at radius 1 is 1.22 bits per heavy atom. The highest BCUT2D eigenvalue weighted by molar-refractivity contribution is 6.01. The van der Waals surface area contributed by atoms with Gasteiger partial charge < -0.3 is 14.4 Å². The zero-order valence-corrected chi connectivity index (χ0v) is 20.5. The van der Waals surface area contributed by atoms with Gasteiger partial charge >= 0.3 is 5.69 Å². The number of anilines is 1. The Hall–Kier alpha value is -3.44. The summed E-state index contributed by atoms with van der Waals surface area (Å²) in [5.41, 5.74) is 2.58. The molecule has 36 heavy (non-hydrogen) atoms. The summed E-state index contributed by atoms with van der Waals surface area (Å²) in [7, 11) is 3.83. The number of methoxy groups -OCH3 is 1. The van der Waals surface area contributed by atoms with Gasteiger partial charge in [-0.2, -0.15) is 5.10 Å². The van der Waals surface area contributed by atoms with Crippen molar-refractivity contribution in [2.24, 2.45) is 28.3 Å². The van der Waals surface area contributed by atoms with Crippen molar-refractivity contribution in [3.05, 3.63) is 74.3 Å². The van der Waals surface area contributed by atoms with Gasteiger partial charge in [0.1, 0.15) is 23.3 Å². The molecule has 2 aliphatic heterocycles. The maximum absolute atomic E-state index is 11.6. The molecule has 1 aromatic carbocycles. The molecule has 2 heterocycles. The molecule has 6 rings (SSSR count).